The van der Waals surface area contributed by atoms with Gasteiger partial charge in [-0.05, 0) is 12.8 Å². The van der Waals surface area contributed by atoms with E-state index >= 15 is 0 Å². The standard InChI is InChI=1S/C11H19N3O2/c1-12-10(15)6-9-11(16)14-8-5-3-2-4-7(8)13-9/h7-9,13H,2-6H2,1H3,(H,12,15)(H,14,16)/t7-,8-,9-/m0/s1. The van der Waals surface area contributed by atoms with Crippen LogP contribution in [0.25, 0.3) is 0 Å². The highest BCUT2D eigenvalue weighted by molar-refractivity contribution is 5.89. The van der Waals surface area contributed by atoms with Crippen molar-refractivity contribution in [3.63, 3.8) is 0 Å². The summed E-state index contributed by atoms with van der Waals surface area (Å²) in [5.41, 5.74) is 0. The van der Waals surface area contributed by atoms with Gasteiger partial charge >= 0.3 is 0 Å². The molecule has 5 nitrogen and oxygen atoms in total. The molecule has 16 heavy (non-hydrogen) atoms. The van der Waals surface area contributed by atoms with Gasteiger partial charge in [-0.1, -0.05) is 12.8 Å². The zero-order valence-corrected chi connectivity index (χ0v) is 9.58. The third kappa shape index (κ3) is 2.35. The van der Waals surface area contributed by atoms with Crippen LogP contribution in [0.5, 0.6) is 0 Å². The molecule has 2 rings (SSSR count). The molecule has 0 bridgehead atoms. The number of carbonyl (C=O) groups excluding carboxylic acids is 2. The number of carbonyl (C=O) groups is 2. The van der Waals surface area contributed by atoms with Crippen molar-refractivity contribution in [3.8, 4) is 0 Å². The van der Waals surface area contributed by atoms with E-state index in [0.29, 0.717) is 6.04 Å². The lowest BCUT2D eigenvalue weighted by atomic mass is 9.87. The van der Waals surface area contributed by atoms with Gasteiger partial charge in [0.25, 0.3) is 0 Å². The van der Waals surface area contributed by atoms with Gasteiger partial charge < -0.3 is 16.0 Å². The molecule has 1 saturated heterocycles. The highest BCUT2D eigenvalue weighted by atomic mass is 16.2. The van der Waals surface area contributed by atoms with Crippen molar-refractivity contribution < 1.29 is 9.59 Å². The zero-order valence-electron chi connectivity index (χ0n) is 9.58. The van der Waals surface area contributed by atoms with E-state index < -0.39 is 0 Å². The average molecular weight is 225 g/mol. The molecule has 3 N–H and O–H groups in total. The fourth-order valence-electron chi connectivity index (χ4n) is 2.56. The number of hydrogen-bond donors (Lipinski definition) is 3. The Hall–Kier alpha value is -1.10. The minimum atomic E-state index is -0.362. The quantitative estimate of drug-likeness (QED) is 0.594. The Morgan fingerprint density at radius 2 is 2.06 bits per heavy atom. The van der Waals surface area contributed by atoms with Crippen molar-refractivity contribution in [2.75, 3.05) is 7.05 Å². The van der Waals surface area contributed by atoms with Crippen molar-refractivity contribution in [1.82, 2.24) is 16.0 Å². The number of fused-ring (bicyclic) bond motifs is 1. The Labute approximate surface area is 95.3 Å². The smallest absolute Gasteiger partial charge is 0.237 e. The van der Waals surface area contributed by atoms with E-state index in [1.807, 2.05) is 0 Å². The molecule has 0 aromatic heterocycles. The normalized spacial score (nSPS) is 33.8. The maximum atomic E-state index is 11.7. The van der Waals surface area contributed by atoms with Gasteiger partial charge in [0.1, 0.15) is 0 Å². The van der Waals surface area contributed by atoms with Crippen molar-refractivity contribution >= 4 is 11.8 Å². The molecule has 0 aromatic rings. The zero-order chi connectivity index (χ0) is 11.5. The summed E-state index contributed by atoms with van der Waals surface area (Å²) in [4.78, 5) is 23.0. The van der Waals surface area contributed by atoms with Crippen LogP contribution in [0.15, 0.2) is 0 Å². The summed E-state index contributed by atoms with van der Waals surface area (Å²) in [6, 6.07) is 0.252. The summed E-state index contributed by atoms with van der Waals surface area (Å²) in [7, 11) is 1.59. The van der Waals surface area contributed by atoms with Crippen LogP contribution in [0.4, 0.5) is 0 Å². The molecule has 90 valence electrons. The first-order chi connectivity index (χ1) is 7.70. The third-order valence-electron chi connectivity index (χ3n) is 3.49. The summed E-state index contributed by atoms with van der Waals surface area (Å²) in [6.45, 7) is 0. The Balaban J connectivity index is 1.95. The number of amides is 2. The molecule has 0 aromatic carbocycles. The van der Waals surface area contributed by atoms with Gasteiger partial charge in [0.15, 0.2) is 0 Å². The van der Waals surface area contributed by atoms with Crippen LogP contribution in [-0.4, -0.2) is 37.0 Å². The highest BCUT2D eigenvalue weighted by Gasteiger charge is 2.36. The van der Waals surface area contributed by atoms with E-state index in [4.69, 9.17) is 0 Å². The van der Waals surface area contributed by atoms with E-state index in [0.717, 1.165) is 12.8 Å². The number of rotatable bonds is 2. The lowest BCUT2D eigenvalue weighted by Crippen LogP contribution is -2.65. The van der Waals surface area contributed by atoms with E-state index in [1.165, 1.54) is 12.8 Å². The number of piperazine rings is 1. The summed E-state index contributed by atoms with van der Waals surface area (Å²) < 4.78 is 0. The number of nitrogens with one attached hydrogen (secondary N) is 3. The first-order valence-corrected chi connectivity index (χ1v) is 5.97. The molecule has 0 spiro atoms. The summed E-state index contributed by atoms with van der Waals surface area (Å²) in [5.74, 6) is -0.131. The lowest BCUT2D eigenvalue weighted by molar-refractivity contribution is -0.131. The monoisotopic (exact) mass is 225 g/mol. The summed E-state index contributed by atoms with van der Waals surface area (Å²) >= 11 is 0. The predicted octanol–water partition coefficient (Wildman–Crippen LogP) is -0.478. The fraction of sp³-hybridized carbons (Fsp3) is 0.818. The van der Waals surface area contributed by atoms with Gasteiger partial charge in [0.05, 0.1) is 12.5 Å². The molecule has 0 unspecified atom stereocenters. The Kier molecular flexibility index (Phi) is 3.43. The Morgan fingerprint density at radius 3 is 2.75 bits per heavy atom. The number of hydrogen-bond acceptors (Lipinski definition) is 3. The second-order valence-corrected chi connectivity index (χ2v) is 4.60. The van der Waals surface area contributed by atoms with Gasteiger partial charge in [-0.15, -0.1) is 0 Å². The maximum absolute atomic E-state index is 11.7. The van der Waals surface area contributed by atoms with Crippen LogP contribution in [0.1, 0.15) is 32.1 Å². The van der Waals surface area contributed by atoms with E-state index in [9.17, 15) is 9.59 Å². The van der Waals surface area contributed by atoms with Crippen molar-refractivity contribution in [1.29, 1.82) is 0 Å². The molecule has 1 saturated carbocycles. The van der Waals surface area contributed by atoms with Gasteiger partial charge in [0, 0.05) is 19.1 Å². The van der Waals surface area contributed by atoms with Crippen LogP contribution < -0.4 is 16.0 Å². The molecule has 2 fully saturated rings. The second kappa shape index (κ2) is 4.82. The predicted molar refractivity (Wildman–Crippen MR) is 59.8 cm³/mol. The molecule has 1 heterocycles. The molecular weight excluding hydrogens is 206 g/mol. The van der Waals surface area contributed by atoms with Crippen LogP contribution in [0, 0.1) is 0 Å². The van der Waals surface area contributed by atoms with E-state index in [-0.39, 0.29) is 30.3 Å². The van der Waals surface area contributed by atoms with Crippen LogP contribution in [0.2, 0.25) is 0 Å². The Bertz CT molecular complexity index is 293. The summed E-state index contributed by atoms with van der Waals surface area (Å²) in [6.07, 6.45) is 4.76. The minimum Gasteiger partial charge on any atom is -0.359 e. The van der Waals surface area contributed by atoms with E-state index in [1.54, 1.807) is 7.05 Å². The average Bonchev–Trinajstić information content (AvgIpc) is 2.30. The minimum absolute atomic E-state index is 0.0354. The largest absolute Gasteiger partial charge is 0.359 e. The molecule has 2 aliphatic rings. The first kappa shape index (κ1) is 11.4. The first-order valence-electron chi connectivity index (χ1n) is 5.97. The van der Waals surface area contributed by atoms with Crippen molar-refractivity contribution in [2.24, 2.45) is 0 Å². The van der Waals surface area contributed by atoms with E-state index in [2.05, 4.69) is 16.0 Å². The van der Waals surface area contributed by atoms with Crippen LogP contribution in [-0.2, 0) is 9.59 Å². The van der Waals surface area contributed by atoms with Gasteiger partial charge in [-0.2, -0.15) is 0 Å². The molecule has 5 heteroatoms. The maximum Gasteiger partial charge on any atom is 0.237 e. The molecule has 2 amide bonds. The lowest BCUT2D eigenvalue weighted by Gasteiger charge is -2.40. The van der Waals surface area contributed by atoms with Crippen molar-refractivity contribution in [2.45, 2.75) is 50.2 Å². The molecule has 1 aliphatic carbocycles. The van der Waals surface area contributed by atoms with Gasteiger partial charge in [-0.25, -0.2) is 0 Å². The van der Waals surface area contributed by atoms with Crippen LogP contribution >= 0.6 is 0 Å². The van der Waals surface area contributed by atoms with Crippen molar-refractivity contribution in [3.05, 3.63) is 0 Å². The fourth-order valence-corrected chi connectivity index (χ4v) is 2.56. The third-order valence-corrected chi connectivity index (χ3v) is 3.49. The van der Waals surface area contributed by atoms with Gasteiger partial charge in [-0.3, -0.25) is 9.59 Å². The van der Waals surface area contributed by atoms with Gasteiger partial charge in [0.2, 0.25) is 11.8 Å². The SMILES string of the molecule is CNC(=O)C[C@@H]1N[C@H]2CCCC[C@@H]2NC1=O. The highest BCUT2D eigenvalue weighted by Crippen LogP contribution is 2.22. The Morgan fingerprint density at radius 1 is 1.38 bits per heavy atom. The topological polar surface area (TPSA) is 70.2 Å². The second-order valence-electron chi connectivity index (χ2n) is 4.60. The van der Waals surface area contributed by atoms with Crippen LogP contribution in [0.3, 0.4) is 0 Å². The molecular formula is C11H19N3O2. The summed E-state index contributed by atoms with van der Waals surface area (Å²) in [5, 5.41) is 8.86. The molecule has 0 radical (unpaired) electrons. The molecule has 3 atom stereocenters. The molecule has 1 aliphatic heterocycles.